The molecule has 2 heterocycles. The van der Waals surface area contributed by atoms with Crippen LogP contribution in [0.4, 0.5) is 0 Å². The summed E-state index contributed by atoms with van der Waals surface area (Å²) in [5, 5.41) is 0.669. The van der Waals surface area contributed by atoms with Crippen LogP contribution in [0, 0.1) is 0 Å². The summed E-state index contributed by atoms with van der Waals surface area (Å²) in [5.41, 5.74) is 1.90. The Labute approximate surface area is 129 Å². The van der Waals surface area contributed by atoms with Crippen molar-refractivity contribution in [3.05, 3.63) is 29.0 Å². The molecule has 3 rings (SSSR count). The second-order valence-electron chi connectivity index (χ2n) is 5.69. The minimum absolute atomic E-state index is 0.0819. The number of hydrogen-bond donors (Lipinski definition) is 0. The summed E-state index contributed by atoms with van der Waals surface area (Å²) in [6.45, 7) is 0.628. The average Bonchev–Trinajstić information content (AvgIpc) is 2.91. The first-order valence-electron chi connectivity index (χ1n) is 6.87. The molecule has 1 aromatic carbocycles. The Balaban J connectivity index is 1.83. The Kier molecular flexibility index (Phi) is 3.71. The maximum absolute atomic E-state index is 11.6. The van der Waals surface area contributed by atoms with Crippen molar-refractivity contribution in [2.75, 3.05) is 18.6 Å². The SMILES string of the molecule is CN(Cc1nc2cc(Cl)ccc2n1C)[C@@H]1CCS(=O)(=O)C1. The molecule has 1 fully saturated rings. The number of benzene rings is 1. The highest BCUT2D eigenvalue weighted by molar-refractivity contribution is 7.91. The van der Waals surface area contributed by atoms with E-state index in [2.05, 4.69) is 9.88 Å². The molecule has 2 aromatic rings. The van der Waals surface area contributed by atoms with Gasteiger partial charge in [-0.05, 0) is 31.7 Å². The van der Waals surface area contributed by atoms with Gasteiger partial charge in [0.05, 0.1) is 29.1 Å². The maximum Gasteiger partial charge on any atom is 0.151 e. The molecule has 5 nitrogen and oxygen atoms in total. The van der Waals surface area contributed by atoms with E-state index in [4.69, 9.17) is 11.6 Å². The van der Waals surface area contributed by atoms with Gasteiger partial charge in [-0.25, -0.2) is 13.4 Å². The van der Waals surface area contributed by atoms with Crippen molar-refractivity contribution in [2.45, 2.75) is 19.0 Å². The van der Waals surface area contributed by atoms with E-state index < -0.39 is 9.84 Å². The fraction of sp³-hybridized carbons (Fsp3) is 0.500. The van der Waals surface area contributed by atoms with Gasteiger partial charge in [0, 0.05) is 18.1 Å². The molecule has 0 spiro atoms. The van der Waals surface area contributed by atoms with E-state index in [1.54, 1.807) is 0 Å². The van der Waals surface area contributed by atoms with E-state index in [1.165, 1.54) is 0 Å². The van der Waals surface area contributed by atoms with Crippen molar-refractivity contribution in [3.63, 3.8) is 0 Å². The van der Waals surface area contributed by atoms with Crippen LogP contribution in [0.1, 0.15) is 12.2 Å². The molecular weight excluding hydrogens is 310 g/mol. The Morgan fingerprint density at radius 1 is 1.48 bits per heavy atom. The largest absolute Gasteiger partial charge is 0.330 e. The van der Waals surface area contributed by atoms with Crippen LogP contribution in [-0.2, 0) is 23.4 Å². The molecule has 0 N–H and O–H groups in total. The van der Waals surface area contributed by atoms with Gasteiger partial charge in [-0.2, -0.15) is 0 Å². The first kappa shape index (κ1) is 14.8. The zero-order valence-electron chi connectivity index (χ0n) is 12.1. The van der Waals surface area contributed by atoms with E-state index in [9.17, 15) is 8.42 Å². The summed E-state index contributed by atoms with van der Waals surface area (Å²) in [7, 11) is 1.07. The molecule has 7 heteroatoms. The first-order chi connectivity index (χ1) is 9.85. The van der Waals surface area contributed by atoms with Gasteiger partial charge >= 0.3 is 0 Å². The predicted molar refractivity (Wildman–Crippen MR) is 84.2 cm³/mol. The van der Waals surface area contributed by atoms with Gasteiger partial charge < -0.3 is 4.57 Å². The number of nitrogens with zero attached hydrogens (tertiary/aromatic N) is 3. The molecule has 0 saturated carbocycles. The van der Waals surface area contributed by atoms with Gasteiger partial charge in [0.25, 0.3) is 0 Å². The highest BCUT2D eigenvalue weighted by Gasteiger charge is 2.31. The summed E-state index contributed by atoms with van der Waals surface area (Å²) in [6.07, 6.45) is 0.703. The van der Waals surface area contributed by atoms with Crippen LogP contribution in [0.5, 0.6) is 0 Å². The Morgan fingerprint density at radius 2 is 2.24 bits per heavy atom. The minimum Gasteiger partial charge on any atom is -0.330 e. The molecule has 0 amide bonds. The van der Waals surface area contributed by atoms with Gasteiger partial charge in [0.15, 0.2) is 9.84 Å². The molecule has 21 heavy (non-hydrogen) atoms. The fourth-order valence-corrected chi connectivity index (χ4v) is 4.81. The Hall–Kier alpha value is -1.11. The molecule has 0 unspecified atom stereocenters. The Morgan fingerprint density at radius 3 is 2.90 bits per heavy atom. The lowest BCUT2D eigenvalue weighted by Crippen LogP contribution is -2.32. The van der Waals surface area contributed by atoms with Crippen molar-refractivity contribution < 1.29 is 8.42 Å². The molecule has 1 atom stereocenters. The van der Waals surface area contributed by atoms with E-state index >= 15 is 0 Å². The van der Waals surface area contributed by atoms with Crippen molar-refractivity contribution in [2.24, 2.45) is 7.05 Å². The topological polar surface area (TPSA) is 55.2 Å². The summed E-state index contributed by atoms with van der Waals surface area (Å²) < 4.78 is 25.2. The third-order valence-corrected chi connectivity index (χ3v) is 6.14. The zero-order chi connectivity index (χ0) is 15.2. The highest BCUT2D eigenvalue weighted by atomic mass is 35.5. The number of hydrogen-bond acceptors (Lipinski definition) is 4. The molecule has 1 aromatic heterocycles. The van der Waals surface area contributed by atoms with Gasteiger partial charge in [0.2, 0.25) is 0 Å². The molecule has 0 bridgehead atoms. The summed E-state index contributed by atoms with van der Waals surface area (Å²) >= 11 is 5.99. The normalized spacial score (nSPS) is 21.4. The third kappa shape index (κ3) is 2.93. The van der Waals surface area contributed by atoms with Crippen molar-refractivity contribution in [3.8, 4) is 0 Å². The molecular formula is C14H18ClN3O2S. The summed E-state index contributed by atoms with van der Waals surface area (Å²) in [4.78, 5) is 6.68. The molecule has 0 aliphatic carbocycles. The van der Waals surface area contributed by atoms with E-state index in [0.717, 1.165) is 16.9 Å². The van der Waals surface area contributed by atoms with Gasteiger partial charge in [-0.1, -0.05) is 11.6 Å². The van der Waals surface area contributed by atoms with Crippen LogP contribution in [0.25, 0.3) is 11.0 Å². The quantitative estimate of drug-likeness (QED) is 0.863. The number of halogens is 1. The Bertz CT molecular complexity index is 785. The zero-order valence-corrected chi connectivity index (χ0v) is 13.7. The molecule has 114 valence electrons. The maximum atomic E-state index is 11.6. The lowest BCUT2D eigenvalue weighted by atomic mass is 10.2. The average molecular weight is 328 g/mol. The van der Waals surface area contributed by atoms with Crippen molar-refractivity contribution in [1.82, 2.24) is 14.5 Å². The molecule has 1 saturated heterocycles. The van der Waals surface area contributed by atoms with Crippen LogP contribution in [0.2, 0.25) is 5.02 Å². The highest BCUT2D eigenvalue weighted by Crippen LogP contribution is 2.22. The summed E-state index contributed by atoms with van der Waals surface area (Å²) in [6, 6.07) is 5.73. The summed E-state index contributed by atoms with van der Waals surface area (Å²) in [5.74, 6) is 1.46. The van der Waals surface area contributed by atoms with Crippen molar-refractivity contribution in [1.29, 1.82) is 0 Å². The smallest absolute Gasteiger partial charge is 0.151 e. The van der Waals surface area contributed by atoms with Crippen LogP contribution in [0.3, 0.4) is 0 Å². The van der Waals surface area contributed by atoms with E-state index in [1.807, 2.05) is 36.9 Å². The predicted octanol–water partition coefficient (Wildman–Crippen LogP) is 1.85. The fourth-order valence-electron chi connectivity index (χ4n) is 2.84. The monoisotopic (exact) mass is 327 g/mol. The number of imidazole rings is 1. The molecule has 0 radical (unpaired) electrons. The number of fused-ring (bicyclic) bond motifs is 1. The molecule has 1 aliphatic rings. The van der Waals surface area contributed by atoms with Crippen LogP contribution >= 0.6 is 11.6 Å². The second-order valence-corrected chi connectivity index (χ2v) is 8.36. The number of rotatable bonds is 3. The van der Waals surface area contributed by atoms with E-state index in [0.29, 0.717) is 23.7 Å². The van der Waals surface area contributed by atoms with Crippen molar-refractivity contribution >= 4 is 32.5 Å². The minimum atomic E-state index is -2.86. The van der Waals surface area contributed by atoms with Gasteiger partial charge in [-0.15, -0.1) is 0 Å². The first-order valence-corrected chi connectivity index (χ1v) is 9.07. The standard InChI is InChI=1S/C14H18ClN3O2S/c1-17(11-5-6-21(19,20)9-11)8-14-16-12-7-10(15)3-4-13(12)18(14)2/h3-4,7,11H,5-6,8-9H2,1-2H3/t11-/m1/s1. The van der Waals surface area contributed by atoms with E-state index in [-0.39, 0.29) is 11.8 Å². The van der Waals surface area contributed by atoms with Gasteiger partial charge in [-0.3, -0.25) is 4.90 Å². The third-order valence-electron chi connectivity index (χ3n) is 4.16. The second kappa shape index (κ2) is 5.26. The van der Waals surface area contributed by atoms with Gasteiger partial charge in [0.1, 0.15) is 5.82 Å². The van der Waals surface area contributed by atoms with Crippen LogP contribution < -0.4 is 0 Å². The van der Waals surface area contributed by atoms with Crippen LogP contribution in [-0.4, -0.2) is 47.5 Å². The number of sulfone groups is 1. The molecule has 1 aliphatic heterocycles. The number of aryl methyl sites for hydroxylation is 1. The number of aromatic nitrogens is 2. The van der Waals surface area contributed by atoms with Crippen LogP contribution in [0.15, 0.2) is 18.2 Å². The lowest BCUT2D eigenvalue weighted by molar-refractivity contribution is 0.246. The lowest BCUT2D eigenvalue weighted by Gasteiger charge is -2.22.